The van der Waals surface area contributed by atoms with Crippen molar-refractivity contribution in [2.45, 2.75) is 33.6 Å². The van der Waals surface area contributed by atoms with Crippen LogP contribution in [-0.2, 0) is 0 Å². The number of likely N-dealkylation sites (tertiary alicyclic amines) is 1. The zero-order valence-electron chi connectivity index (χ0n) is 14.2. The van der Waals surface area contributed by atoms with Crippen molar-refractivity contribution in [1.82, 2.24) is 9.88 Å². The number of carbonyl (C=O) groups is 2. The summed E-state index contributed by atoms with van der Waals surface area (Å²) in [5, 5.41) is 3.80. The average molecular weight is 343 g/mol. The molecule has 1 aromatic carbocycles. The standard InChI is InChI=1S/C18H21N3O2S/c1-11-10-14(18(23)21-8-4-5-9-21)6-7-15(11)20-17(22)16-12(2)19-13(3)24-16/h6-7,10H,4-5,8-9H2,1-3H3,(H,20,22). The van der Waals surface area contributed by atoms with Gasteiger partial charge in [0.25, 0.3) is 11.8 Å². The Kier molecular flexibility index (Phi) is 4.66. The monoisotopic (exact) mass is 343 g/mol. The molecule has 0 aliphatic carbocycles. The Morgan fingerprint density at radius 3 is 2.46 bits per heavy atom. The van der Waals surface area contributed by atoms with Gasteiger partial charge < -0.3 is 10.2 Å². The summed E-state index contributed by atoms with van der Waals surface area (Å²) < 4.78 is 0. The van der Waals surface area contributed by atoms with Crippen LogP contribution in [-0.4, -0.2) is 34.8 Å². The molecule has 0 bridgehead atoms. The van der Waals surface area contributed by atoms with Crippen molar-refractivity contribution in [3.8, 4) is 0 Å². The van der Waals surface area contributed by atoms with Crippen LogP contribution in [0.3, 0.4) is 0 Å². The van der Waals surface area contributed by atoms with Crippen molar-refractivity contribution in [2.75, 3.05) is 18.4 Å². The lowest BCUT2D eigenvalue weighted by Gasteiger charge is -2.16. The summed E-state index contributed by atoms with van der Waals surface area (Å²) in [6, 6.07) is 5.44. The smallest absolute Gasteiger partial charge is 0.267 e. The van der Waals surface area contributed by atoms with Crippen molar-refractivity contribution in [3.05, 3.63) is 44.9 Å². The summed E-state index contributed by atoms with van der Waals surface area (Å²) in [4.78, 5) is 31.6. The lowest BCUT2D eigenvalue weighted by atomic mass is 10.1. The quantitative estimate of drug-likeness (QED) is 0.927. The van der Waals surface area contributed by atoms with Crippen LogP contribution >= 0.6 is 11.3 Å². The Labute approximate surface area is 145 Å². The lowest BCUT2D eigenvalue weighted by molar-refractivity contribution is 0.0792. The maximum absolute atomic E-state index is 12.4. The van der Waals surface area contributed by atoms with Gasteiger partial charge in [-0.25, -0.2) is 4.98 Å². The van der Waals surface area contributed by atoms with Gasteiger partial charge in [-0.15, -0.1) is 11.3 Å². The highest BCUT2D eigenvalue weighted by Crippen LogP contribution is 2.22. The van der Waals surface area contributed by atoms with E-state index in [4.69, 9.17) is 0 Å². The number of benzene rings is 1. The third-order valence-corrected chi connectivity index (χ3v) is 5.30. The molecule has 1 aliphatic heterocycles. The first-order valence-electron chi connectivity index (χ1n) is 8.11. The van der Waals surface area contributed by atoms with Gasteiger partial charge in [0.15, 0.2) is 0 Å². The van der Waals surface area contributed by atoms with Crippen LogP contribution in [0.4, 0.5) is 5.69 Å². The molecule has 1 aromatic heterocycles. The normalized spacial score (nSPS) is 14.0. The molecule has 5 nitrogen and oxygen atoms in total. The highest BCUT2D eigenvalue weighted by Gasteiger charge is 2.20. The second-order valence-electron chi connectivity index (χ2n) is 6.13. The molecular formula is C18H21N3O2S. The number of aryl methyl sites for hydroxylation is 3. The van der Waals surface area contributed by atoms with E-state index >= 15 is 0 Å². The molecule has 1 saturated heterocycles. The van der Waals surface area contributed by atoms with Crippen molar-refractivity contribution in [2.24, 2.45) is 0 Å². The van der Waals surface area contributed by atoms with E-state index in [-0.39, 0.29) is 11.8 Å². The molecule has 1 fully saturated rings. The highest BCUT2D eigenvalue weighted by molar-refractivity contribution is 7.13. The molecule has 2 heterocycles. The van der Waals surface area contributed by atoms with E-state index in [0.717, 1.165) is 47.9 Å². The summed E-state index contributed by atoms with van der Waals surface area (Å²) in [5.41, 5.74) is 3.03. The zero-order valence-corrected chi connectivity index (χ0v) is 15.0. The van der Waals surface area contributed by atoms with Crippen LogP contribution in [0.2, 0.25) is 0 Å². The Bertz CT molecular complexity index is 792. The number of thiazole rings is 1. The fourth-order valence-corrected chi connectivity index (χ4v) is 3.78. The molecule has 0 radical (unpaired) electrons. The minimum Gasteiger partial charge on any atom is -0.339 e. The van der Waals surface area contributed by atoms with Crippen LogP contribution in [0.1, 0.15) is 49.1 Å². The van der Waals surface area contributed by atoms with Gasteiger partial charge in [0.2, 0.25) is 0 Å². The molecule has 2 amide bonds. The van der Waals surface area contributed by atoms with Gasteiger partial charge in [0.05, 0.1) is 10.7 Å². The molecule has 126 valence electrons. The average Bonchev–Trinajstić information content (AvgIpc) is 3.18. The predicted octanol–water partition coefficient (Wildman–Crippen LogP) is 3.56. The predicted molar refractivity (Wildman–Crippen MR) is 95.9 cm³/mol. The van der Waals surface area contributed by atoms with Crippen molar-refractivity contribution >= 4 is 28.8 Å². The number of anilines is 1. The van der Waals surface area contributed by atoms with Crippen LogP contribution in [0.15, 0.2) is 18.2 Å². The van der Waals surface area contributed by atoms with E-state index in [1.807, 2.05) is 31.7 Å². The fourth-order valence-electron chi connectivity index (χ4n) is 2.96. The van der Waals surface area contributed by atoms with Gasteiger partial charge in [-0.3, -0.25) is 9.59 Å². The molecule has 0 unspecified atom stereocenters. The van der Waals surface area contributed by atoms with Crippen LogP contribution in [0, 0.1) is 20.8 Å². The number of amides is 2. The van der Waals surface area contributed by atoms with Gasteiger partial charge in [0.1, 0.15) is 4.88 Å². The minimum atomic E-state index is -0.153. The van der Waals surface area contributed by atoms with Crippen molar-refractivity contribution in [3.63, 3.8) is 0 Å². The first-order valence-corrected chi connectivity index (χ1v) is 8.92. The van der Waals surface area contributed by atoms with Gasteiger partial charge in [-0.2, -0.15) is 0 Å². The minimum absolute atomic E-state index is 0.0717. The summed E-state index contributed by atoms with van der Waals surface area (Å²) in [6.45, 7) is 7.30. The molecular weight excluding hydrogens is 322 g/mol. The maximum Gasteiger partial charge on any atom is 0.267 e. The summed E-state index contributed by atoms with van der Waals surface area (Å²) in [6.07, 6.45) is 2.15. The van der Waals surface area contributed by atoms with E-state index in [0.29, 0.717) is 10.4 Å². The third kappa shape index (κ3) is 3.33. The molecule has 2 aromatic rings. The van der Waals surface area contributed by atoms with E-state index in [2.05, 4.69) is 10.3 Å². The Morgan fingerprint density at radius 2 is 1.88 bits per heavy atom. The topological polar surface area (TPSA) is 62.3 Å². The van der Waals surface area contributed by atoms with E-state index in [1.165, 1.54) is 11.3 Å². The largest absolute Gasteiger partial charge is 0.339 e. The molecule has 1 N–H and O–H groups in total. The Morgan fingerprint density at radius 1 is 1.17 bits per heavy atom. The first-order chi connectivity index (χ1) is 11.5. The number of rotatable bonds is 3. The molecule has 0 spiro atoms. The Hall–Kier alpha value is -2.21. The number of nitrogens with zero attached hydrogens (tertiary/aromatic N) is 2. The summed E-state index contributed by atoms with van der Waals surface area (Å²) in [5.74, 6) is -0.0813. The van der Waals surface area contributed by atoms with E-state index in [1.54, 1.807) is 12.1 Å². The first kappa shape index (κ1) is 16.6. The highest BCUT2D eigenvalue weighted by atomic mass is 32.1. The molecule has 3 rings (SSSR count). The molecule has 0 atom stereocenters. The fraction of sp³-hybridized carbons (Fsp3) is 0.389. The number of carbonyl (C=O) groups excluding carboxylic acids is 2. The number of hydrogen-bond acceptors (Lipinski definition) is 4. The van der Waals surface area contributed by atoms with Crippen LogP contribution in [0.5, 0.6) is 0 Å². The van der Waals surface area contributed by atoms with Crippen LogP contribution < -0.4 is 5.32 Å². The van der Waals surface area contributed by atoms with Crippen LogP contribution in [0.25, 0.3) is 0 Å². The van der Waals surface area contributed by atoms with Gasteiger partial charge in [0, 0.05) is 24.3 Å². The lowest BCUT2D eigenvalue weighted by Crippen LogP contribution is -2.27. The van der Waals surface area contributed by atoms with E-state index in [9.17, 15) is 9.59 Å². The zero-order chi connectivity index (χ0) is 17.3. The van der Waals surface area contributed by atoms with Gasteiger partial charge in [-0.05, 0) is 57.4 Å². The van der Waals surface area contributed by atoms with Crippen molar-refractivity contribution < 1.29 is 9.59 Å². The van der Waals surface area contributed by atoms with E-state index < -0.39 is 0 Å². The second kappa shape index (κ2) is 6.73. The molecule has 24 heavy (non-hydrogen) atoms. The number of nitrogens with one attached hydrogen (secondary N) is 1. The SMILES string of the molecule is Cc1nc(C)c(C(=O)Nc2ccc(C(=O)N3CCCC3)cc2C)s1. The van der Waals surface area contributed by atoms with Gasteiger partial charge in [-0.1, -0.05) is 0 Å². The second-order valence-corrected chi connectivity index (χ2v) is 7.33. The van der Waals surface area contributed by atoms with Gasteiger partial charge >= 0.3 is 0 Å². The molecule has 0 saturated carbocycles. The maximum atomic E-state index is 12.4. The Balaban J connectivity index is 1.76. The summed E-state index contributed by atoms with van der Waals surface area (Å²) in [7, 11) is 0. The summed E-state index contributed by atoms with van der Waals surface area (Å²) >= 11 is 1.39. The molecule has 1 aliphatic rings. The number of aromatic nitrogens is 1. The molecule has 6 heteroatoms. The number of hydrogen-bond donors (Lipinski definition) is 1. The van der Waals surface area contributed by atoms with Crippen molar-refractivity contribution in [1.29, 1.82) is 0 Å². The third-order valence-electron chi connectivity index (χ3n) is 4.22.